The number of hydrogen-bond donors (Lipinski definition) is 0. The van der Waals surface area contributed by atoms with Gasteiger partial charge in [0.25, 0.3) is 0 Å². The highest BCUT2D eigenvalue weighted by Crippen LogP contribution is 2.22. The van der Waals surface area contributed by atoms with Gasteiger partial charge in [0, 0.05) is 34.4 Å². The number of carbonyl (C=O) groups is 1. The second kappa shape index (κ2) is 7.36. The van der Waals surface area contributed by atoms with Gasteiger partial charge >= 0.3 is 0 Å². The van der Waals surface area contributed by atoms with E-state index in [9.17, 15) is 4.79 Å². The van der Waals surface area contributed by atoms with Crippen molar-refractivity contribution < 1.29 is 4.79 Å². The highest BCUT2D eigenvalue weighted by atomic mass is 79.9. The van der Waals surface area contributed by atoms with Gasteiger partial charge in [0.05, 0.1) is 4.34 Å². The summed E-state index contributed by atoms with van der Waals surface area (Å²) in [6.45, 7) is 1.56. The van der Waals surface area contributed by atoms with E-state index in [-0.39, 0.29) is 5.78 Å². The van der Waals surface area contributed by atoms with Crippen molar-refractivity contribution in [1.82, 2.24) is 4.90 Å². The molecule has 1 aromatic heterocycles. The lowest BCUT2D eigenvalue weighted by Gasteiger charge is -2.14. The van der Waals surface area contributed by atoms with E-state index >= 15 is 0 Å². The van der Waals surface area contributed by atoms with Crippen LogP contribution in [0.1, 0.15) is 21.7 Å². The lowest BCUT2D eigenvalue weighted by atomic mass is 10.1. The van der Waals surface area contributed by atoms with Crippen LogP contribution in [-0.4, -0.2) is 24.3 Å². The Balaban J connectivity index is 1.82. The Bertz CT molecular complexity index is 582. The van der Waals surface area contributed by atoms with E-state index in [1.807, 2.05) is 43.4 Å². The Labute approximate surface area is 136 Å². The van der Waals surface area contributed by atoms with Crippen molar-refractivity contribution in [2.75, 3.05) is 13.6 Å². The molecule has 0 bridgehead atoms. The summed E-state index contributed by atoms with van der Waals surface area (Å²) in [5.74, 6) is 0.175. The Morgan fingerprint density at radius 2 is 1.95 bits per heavy atom. The zero-order valence-corrected chi connectivity index (χ0v) is 14.3. The first-order valence-corrected chi connectivity index (χ1v) is 8.25. The van der Waals surface area contributed by atoms with Gasteiger partial charge in [-0.25, -0.2) is 0 Å². The molecule has 5 heteroatoms. The van der Waals surface area contributed by atoms with Gasteiger partial charge in [0.2, 0.25) is 0 Å². The summed E-state index contributed by atoms with van der Waals surface area (Å²) in [4.78, 5) is 15.4. The molecule has 2 nitrogen and oxygen atoms in total. The Hall–Kier alpha value is -0.680. The van der Waals surface area contributed by atoms with Crippen LogP contribution in [0.5, 0.6) is 0 Å². The minimum Gasteiger partial charge on any atom is -0.301 e. The van der Waals surface area contributed by atoms with Crippen molar-refractivity contribution in [3.05, 3.63) is 55.6 Å². The molecule has 0 unspecified atom stereocenters. The molecular weight excluding hydrogens is 358 g/mol. The van der Waals surface area contributed by atoms with Crippen LogP contribution >= 0.6 is 38.9 Å². The summed E-state index contributed by atoms with van der Waals surface area (Å²) in [6.07, 6.45) is 0.525. The highest BCUT2D eigenvalue weighted by Gasteiger charge is 2.08. The molecule has 2 rings (SSSR count). The van der Waals surface area contributed by atoms with Crippen LogP contribution in [0.2, 0.25) is 4.34 Å². The summed E-state index contributed by atoms with van der Waals surface area (Å²) >= 11 is 10.9. The van der Waals surface area contributed by atoms with Crippen molar-refractivity contribution in [3.8, 4) is 0 Å². The van der Waals surface area contributed by atoms with Gasteiger partial charge in [-0.05, 0) is 31.3 Å². The molecular formula is C15H15BrClNOS. The van der Waals surface area contributed by atoms with Crippen LogP contribution in [0.3, 0.4) is 0 Å². The molecule has 2 aromatic rings. The number of halogens is 2. The standard InChI is InChI=1S/C15H15BrClNOS/c1-18(10-13-6-7-15(17)20-13)9-8-14(19)11-2-4-12(16)5-3-11/h2-7H,8-10H2,1H3. The first kappa shape index (κ1) is 15.7. The molecule has 0 fully saturated rings. The molecule has 20 heavy (non-hydrogen) atoms. The molecule has 106 valence electrons. The summed E-state index contributed by atoms with van der Waals surface area (Å²) in [5.41, 5.74) is 0.765. The van der Waals surface area contributed by atoms with Crippen LogP contribution in [-0.2, 0) is 6.54 Å². The number of benzene rings is 1. The van der Waals surface area contributed by atoms with E-state index in [1.54, 1.807) is 11.3 Å². The molecule has 0 aliphatic heterocycles. The second-order valence-corrected chi connectivity index (χ2v) is 7.34. The SMILES string of the molecule is CN(CCC(=O)c1ccc(Br)cc1)Cc1ccc(Cl)s1. The van der Waals surface area contributed by atoms with Gasteiger partial charge in [-0.2, -0.15) is 0 Å². The average Bonchev–Trinajstić information content (AvgIpc) is 2.82. The lowest BCUT2D eigenvalue weighted by molar-refractivity contribution is 0.0968. The number of carbonyl (C=O) groups excluding carboxylic acids is 1. The zero-order valence-electron chi connectivity index (χ0n) is 11.1. The fourth-order valence-electron chi connectivity index (χ4n) is 1.85. The zero-order chi connectivity index (χ0) is 14.5. The Morgan fingerprint density at radius 1 is 1.25 bits per heavy atom. The predicted molar refractivity (Wildman–Crippen MR) is 88.8 cm³/mol. The minimum absolute atomic E-state index is 0.175. The summed E-state index contributed by atoms with van der Waals surface area (Å²) in [7, 11) is 2.02. The van der Waals surface area contributed by atoms with E-state index in [2.05, 4.69) is 20.8 Å². The van der Waals surface area contributed by atoms with Gasteiger partial charge in [0.1, 0.15) is 0 Å². The van der Waals surface area contributed by atoms with Crippen molar-refractivity contribution in [2.24, 2.45) is 0 Å². The number of nitrogens with zero attached hydrogens (tertiary/aromatic N) is 1. The van der Waals surface area contributed by atoms with Crippen molar-refractivity contribution in [3.63, 3.8) is 0 Å². The summed E-state index contributed by atoms with van der Waals surface area (Å²) in [6, 6.07) is 11.4. The fourth-order valence-corrected chi connectivity index (χ4v) is 3.29. The third kappa shape index (κ3) is 4.70. The number of hydrogen-bond acceptors (Lipinski definition) is 3. The smallest absolute Gasteiger partial charge is 0.164 e. The van der Waals surface area contributed by atoms with Gasteiger partial charge < -0.3 is 4.90 Å². The molecule has 0 saturated carbocycles. The Morgan fingerprint density at radius 3 is 2.55 bits per heavy atom. The van der Waals surface area contributed by atoms with Crippen LogP contribution in [0.4, 0.5) is 0 Å². The van der Waals surface area contributed by atoms with Crippen LogP contribution in [0.25, 0.3) is 0 Å². The fraction of sp³-hybridized carbons (Fsp3) is 0.267. The van der Waals surface area contributed by atoms with Crippen molar-refractivity contribution >= 4 is 44.7 Å². The molecule has 1 heterocycles. The quantitative estimate of drug-likeness (QED) is 0.674. The van der Waals surface area contributed by atoms with Crippen LogP contribution in [0, 0.1) is 0 Å². The van der Waals surface area contributed by atoms with E-state index in [4.69, 9.17) is 11.6 Å². The van der Waals surface area contributed by atoms with Crippen molar-refractivity contribution in [1.29, 1.82) is 0 Å². The maximum Gasteiger partial charge on any atom is 0.164 e. The monoisotopic (exact) mass is 371 g/mol. The number of ketones is 1. The number of Topliss-reactive ketones (excluding diaryl/α,β-unsaturated/α-hetero) is 1. The third-order valence-corrected chi connectivity index (χ3v) is 4.69. The van der Waals surface area contributed by atoms with Crippen molar-refractivity contribution in [2.45, 2.75) is 13.0 Å². The molecule has 0 amide bonds. The Kier molecular flexibility index (Phi) is 5.78. The largest absolute Gasteiger partial charge is 0.301 e. The maximum absolute atomic E-state index is 12.1. The molecule has 0 aliphatic rings. The highest BCUT2D eigenvalue weighted by molar-refractivity contribution is 9.10. The molecule has 0 N–H and O–H groups in total. The summed E-state index contributed by atoms with van der Waals surface area (Å²) < 4.78 is 1.79. The average molecular weight is 373 g/mol. The lowest BCUT2D eigenvalue weighted by Crippen LogP contribution is -2.21. The topological polar surface area (TPSA) is 20.3 Å². The van der Waals surface area contributed by atoms with E-state index in [0.29, 0.717) is 6.42 Å². The van der Waals surface area contributed by atoms with Crippen LogP contribution < -0.4 is 0 Å². The molecule has 0 saturated heterocycles. The second-order valence-electron chi connectivity index (χ2n) is 4.62. The predicted octanol–water partition coefficient (Wildman–Crippen LogP) is 4.87. The maximum atomic E-state index is 12.1. The van der Waals surface area contributed by atoms with E-state index in [1.165, 1.54) is 4.88 Å². The molecule has 1 aromatic carbocycles. The van der Waals surface area contributed by atoms with Gasteiger partial charge in [-0.15, -0.1) is 11.3 Å². The number of thiophene rings is 1. The third-order valence-electron chi connectivity index (χ3n) is 2.94. The van der Waals surface area contributed by atoms with E-state index < -0.39 is 0 Å². The normalized spacial score (nSPS) is 11.0. The van der Waals surface area contributed by atoms with Gasteiger partial charge in [-0.1, -0.05) is 39.7 Å². The first-order valence-electron chi connectivity index (χ1n) is 6.26. The summed E-state index contributed by atoms with van der Waals surface area (Å²) in [5, 5.41) is 0. The molecule has 0 spiro atoms. The number of rotatable bonds is 6. The molecule has 0 radical (unpaired) electrons. The minimum atomic E-state index is 0.175. The van der Waals surface area contributed by atoms with Gasteiger partial charge in [0.15, 0.2) is 5.78 Å². The first-order chi connectivity index (χ1) is 9.54. The molecule has 0 atom stereocenters. The van der Waals surface area contributed by atoms with E-state index in [0.717, 1.165) is 27.5 Å². The molecule has 0 aliphatic carbocycles. The van der Waals surface area contributed by atoms with Crippen LogP contribution in [0.15, 0.2) is 40.9 Å². The van der Waals surface area contributed by atoms with Gasteiger partial charge in [-0.3, -0.25) is 4.79 Å².